The summed E-state index contributed by atoms with van der Waals surface area (Å²) >= 11 is 0. The summed E-state index contributed by atoms with van der Waals surface area (Å²) in [6.07, 6.45) is 4.88. The van der Waals surface area contributed by atoms with E-state index < -0.39 is 0 Å². The minimum atomic E-state index is 0.981. The number of pyridine rings is 1. The normalized spacial score (nSPS) is 10.7. The van der Waals surface area contributed by atoms with Crippen LogP contribution in [0.1, 0.15) is 13.3 Å². The van der Waals surface area contributed by atoms with E-state index >= 15 is 0 Å². The van der Waals surface area contributed by atoms with Crippen molar-refractivity contribution in [3.63, 3.8) is 0 Å². The van der Waals surface area contributed by atoms with Gasteiger partial charge in [-0.2, -0.15) is 0 Å². The Morgan fingerprint density at radius 3 is 3.00 bits per heavy atom. The highest BCUT2D eigenvalue weighted by molar-refractivity contribution is 5.60. The van der Waals surface area contributed by atoms with Gasteiger partial charge in [-0.15, -0.1) is 0 Å². The lowest BCUT2D eigenvalue weighted by Crippen LogP contribution is -2.26. The van der Waals surface area contributed by atoms with E-state index in [9.17, 15) is 0 Å². The minimum Gasteiger partial charge on any atom is -0.234 e. The fourth-order valence-electron chi connectivity index (χ4n) is 0.833. The molecule has 0 radical (unpaired) electrons. The number of aliphatic imine (C=N–C) groups is 1. The third-order valence-corrected chi connectivity index (χ3v) is 1.43. The molecule has 0 N–H and O–H groups in total. The first-order valence-electron chi connectivity index (χ1n) is 3.81. The maximum absolute atomic E-state index is 4.26. The molecule has 0 atom stereocenters. The largest absolute Gasteiger partial charge is 0.322 e. The van der Waals surface area contributed by atoms with Crippen molar-refractivity contribution in [2.24, 2.45) is 12.0 Å². The molecule has 1 heterocycles. The Hall–Kier alpha value is -1.18. The van der Waals surface area contributed by atoms with Crippen LogP contribution in [0.25, 0.3) is 0 Å². The van der Waals surface area contributed by atoms with Gasteiger partial charge in [0.15, 0.2) is 0 Å². The van der Waals surface area contributed by atoms with E-state index in [1.54, 1.807) is 0 Å². The van der Waals surface area contributed by atoms with Crippen molar-refractivity contribution in [2.45, 2.75) is 13.3 Å². The summed E-state index contributed by atoms with van der Waals surface area (Å²) in [7, 11) is 1.99. The number of rotatable bonds is 2. The summed E-state index contributed by atoms with van der Waals surface area (Å²) in [6.45, 7) is 2.08. The van der Waals surface area contributed by atoms with E-state index in [4.69, 9.17) is 0 Å². The maximum Gasteiger partial charge on any atom is 0.322 e. The molecule has 0 unspecified atom stereocenters. The zero-order valence-corrected chi connectivity index (χ0v) is 6.99. The number of hydrogen-bond donors (Lipinski definition) is 0. The zero-order valence-electron chi connectivity index (χ0n) is 6.99. The molecule has 0 aliphatic carbocycles. The minimum absolute atomic E-state index is 0.981. The van der Waals surface area contributed by atoms with Crippen LogP contribution in [-0.2, 0) is 7.05 Å². The molecule has 58 valence electrons. The molecule has 0 saturated heterocycles. The molecule has 0 amide bonds. The van der Waals surface area contributed by atoms with Crippen LogP contribution >= 0.6 is 0 Å². The highest BCUT2D eigenvalue weighted by Crippen LogP contribution is 2.00. The van der Waals surface area contributed by atoms with Gasteiger partial charge in [-0.05, 0) is 6.07 Å². The van der Waals surface area contributed by atoms with Crippen LogP contribution in [0.15, 0.2) is 29.4 Å². The number of aryl methyl sites for hydroxylation is 1. The molecular weight excluding hydrogens is 136 g/mol. The Balaban J connectivity index is 2.86. The zero-order chi connectivity index (χ0) is 8.10. The highest BCUT2D eigenvalue weighted by Gasteiger charge is 1.98. The predicted molar refractivity (Wildman–Crippen MR) is 46.1 cm³/mol. The summed E-state index contributed by atoms with van der Waals surface area (Å²) < 4.78 is 1.99. The average molecular weight is 149 g/mol. The molecule has 1 aromatic rings. The van der Waals surface area contributed by atoms with Crippen molar-refractivity contribution >= 4 is 12.0 Å². The molecule has 0 saturated carbocycles. The van der Waals surface area contributed by atoms with Gasteiger partial charge in [0.2, 0.25) is 0 Å². The molecule has 2 nitrogen and oxygen atoms in total. The third-order valence-electron chi connectivity index (χ3n) is 1.43. The Bertz CT molecular complexity index is 253. The number of hydrogen-bond acceptors (Lipinski definition) is 1. The lowest BCUT2D eigenvalue weighted by Gasteiger charge is -1.89. The number of aromatic nitrogens is 1. The van der Waals surface area contributed by atoms with Crippen molar-refractivity contribution in [3.05, 3.63) is 24.4 Å². The summed E-state index contributed by atoms with van der Waals surface area (Å²) in [4.78, 5) is 4.26. The summed E-state index contributed by atoms with van der Waals surface area (Å²) in [5.41, 5.74) is 0. The van der Waals surface area contributed by atoms with E-state index in [1.807, 2.05) is 42.2 Å². The van der Waals surface area contributed by atoms with Crippen LogP contribution < -0.4 is 4.57 Å². The molecule has 0 aliphatic heterocycles. The van der Waals surface area contributed by atoms with Crippen molar-refractivity contribution in [3.8, 4) is 0 Å². The molecule has 1 aromatic heterocycles. The van der Waals surface area contributed by atoms with Gasteiger partial charge in [-0.3, -0.25) is 0 Å². The maximum atomic E-state index is 4.26. The Labute approximate surface area is 67.2 Å². The van der Waals surface area contributed by atoms with Gasteiger partial charge in [0.1, 0.15) is 6.21 Å². The monoisotopic (exact) mass is 149 g/mol. The molecule has 1 rings (SSSR count). The SMILES string of the molecule is CCC=Nc1cccc[n+]1C. The Kier molecular flexibility index (Phi) is 2.78. The van der Waals surface area contributed by atoms with Gasteiger partial charge in [0.25, 0.3) is 0 Å². The molecule has 0 fully saturated rings. The lowest BCUT2D eigenvalue weighted by atomic mass is 10.4. The topological polar surface area (TPSA) is 16.2 Å². The van der Waals surface area contributed by atoms with Crippen molar-refractivity contribution in [2.75, 3.05) is 0 Å². The molecule has 0 spiro atoms. The second-order valence-electron chi connectivity index (χ2n) is 2.39. The molecule has 0 aromatic carbocycles. The number of nitrogens with zero attached hydrogens (tertiary/aromatic N) is 2. The van der Waals surface area contributed by atoms with Gasteiger partial charge in [-0.25, -0.2) is 4.57 Å². The first kappa shape index (κ1) is 7.92. The standard InChI is InChI=1S/C9H13N2/c1-3-7-10-9-6-4-5-8-11(9)2/h4-8H,3H2,1-2H3/q+1. The highest BCUT2D eigenvalue weighted by atomic mass is 15.0. The Morgan fingerprint density at radius 2 is 2.36 bits per heavy atom. The fraction of sp³-hybridized carbons (Fsp3) is 0.333. The quantitative estimate of drug-likeness (QED) is 0.449. The van der Waals surface area contributed by atoms with Crippen LogP contribution in [0.3, 0.4) is 0 Å². The smallest absolute Gasteiger partial charge is 0.234 e. The molecule has 2 heteroatoms. The Morgan fingerprint density at radius 1 is 1.55 bits per heavy atom. The van der Waals surface area contributed by atoms with Crippen molar-refractivity contribution in [1.29, 1.82) is 0 Å². The summed E-state index contributed by atoms with van der Waals surface area (Å²) in [5, 5.41) is 0. The first-order valence-corrected chi connectivity index (χ1v) is 3.81. The molecule has 0 bridgehead atoms. The van der Waals surface area contributed by atoms with Crippen LogP contribution in [0.2, 0.25) is 0 Å². The van der Waals surface area contributed by atoms with Crippen LogP contribution in [-0.4, -0.2) is 6.21 Å². The van der Waals surface area contributed by atoms with Crippen molar-refractivity contribution < 1.29 is 4.57 Å². The molecule has 11 heavy (non-hydrogen) atoms. The van der Waals surface area contributed by atoms with Crippen LogP contribution in [0, 0.1) is 0 Å². The fourth-order valence-corrected chi connectivity index (χ4v) is 0.833. The van der Waals surface area contributed by atoms with E-state index in [2.05, 4.69) is 11.9 Å². The molecule has 0 aliphatic rings. The van der Waals surface area contributed by atoms with E-state index in [-0.39, 0.29) is 0 Å². The van der Waals surface area contributed by atoms with E-state index in [1.165, 1.54) is 0 Å². The first-order chi connectivity index (χ1) is 5.34. The van der Waals surface area contributed by atoms with Crippen LogP contribution in [0.5, 0.6) is 0 Å². The van der Waals surface area contributed by atoms with Gasteiger partial charge in [-0.1, -0.05) is 18.0 Å². The molecular formula is C9H13N2+. The van der Waals surface area contributed by atoms with E-state index in [0.717, 1.165) is 12.2 Å². The average Bonchev–Trinajstić information content (AvgIpc) is 2.03. The third kappa shape index (κ3) is 2.15. The van der Waals surface area contributed by atoms with Crippen LogP contribution in [0.4, 0.5) is 5.82 Å². The van der Waals surface area contributed by atoms with Gasteiger partial charge in [0.05, 0.1) is 13.2 Å². The van der Waals surface area contributed by atoms with Gasteiger partial charge < -0.3 is 0 Å². The second kappa shape index (κ2) is 3.86. The lowest BCUT2D eigenvalue weighted by molar-refractivity contribution is -0.658. The van der Waals surface area contributed by atoms with Gasteiger partial charge >= 0.3 is 5.82 Å². The van der Waals surface area contributed by atoms with Gasteiger partial charge in [0, 0.05) is 12.5 Å². The second-order valence-corrected chi connectivity index (χ2v) is 2.39. The summed E-state index contributed by atoms with van der Waals surface area (Å²) in [5.74, 6) is 0.995. The van der Waals surface area contributed by atoms with Crippen molar-refractivity contribution in [1.82, 2.24) is 0 Å². The predicted octanol–water partition coefficient (Wildman–Crippen LogP) is 1.62. The van der Waals surface area contributed by atoms with E-state index in [0.29, 0.717) is 0 Å². The summed E-state index contributed by atoms with van der Waals surface area (Å²) in [6, 6.07) is 5.97.